The number of rotatable bonds is 14. The molecule has 0 spiro atoms. The van der Waals surface area contributed by atoms with E-state index >= 15 is 0 Å². The first-order valence-corrected chi connectivity index (χ1v) is 8.56. The van der Waals surface area contributed by atoms with Crippen LogP contribution in [0.2, 0.25) is 0 Å². The third-order valence-corrected chi connectivity index (χ3v) is 3.50. The molecule has 0 aliphatic carbocycles. The van der Waals surface area contributed by atoms with Crippen molar-refractivity contribution in [2.45, 2.75) is 84.0 Å². The summed E-state index contributed by atoms with van der Waals surface area (Å²) in [5.41, 5.74) is 0. The van der Waals surface area contributed by atoms with Crippen LogP contribution in [0.25, 0.3) is 0 Å². The monoisotopic (exact) mass is 290 g/mol. The Morgan fingerprint density at radius 2 is 1.32 bits per heavy atom. The van der Waals surface area contributed by atoms with Crippen LogP contribution < -0.4 is 0 Å². The second-order valence-corrected chi connectivity index (χ2v) is 5.57. The molecule has 0 aromatic rings. The molecule has 0 radical (unpaired) electrons. The van der Waals surface area contributed by atoms with Crippen molar-refractivity contribution in [2.24, 2.45) is 0 Å². The number of carbonyl (C=O) groups excluding carboxylic acids is 1. The number of esters is 1. The second-order valence-electron chi connectivity index (χ2n) is 5.19. The van der Waals surface area contributed by atoms with Gasteiger partial charge in [-0.25, -0.2) is 0 Å². The minimum Gasteiger partial charge on any atom is -0.466 e. The predicted octanol–water partition coefficient (Wildman–Crippen LogP) is 5.47. The molecule has 0 fully saturated rings. The van der Waals surface area contributed by atoms with Crippen molar-refractivity contribution in [1.29, 1.82) is 0 Å². The summed E-state index contributed by atoms with van der Waals surface area (Å²) in [6.07, 6.45) is 14.8. The van der Waals surface area contributed by atoms with E-state index in [1.165, 1.54) is 64.2 Å². The smallest absolute Gasteiger partial charge is 0.306 e. The highest BCUT2D eigenvalue weighted by Crippen LogP contribution is 2.11. The highest BCUT2D eigenvalue weighted by molar-refractivity contribution is 6.18. The van der Waals surface area contributed by atoms with Gasteiger partial charge in [0.2, 0.25) is 0 Å². The molecule has 0 atom stereocenters. The lowest BCUT2D eigenvalue weighted by molar-refractivity contribution is -0.143. The maximum absolute atomic E-state index is 11.0. The van der Waals surface area contributed by atoms with E-state index in [1.807, 2.05) is 0 Å². The Bertz CT molecular complexity index is 195. The lowest BCUT2D eigenvalue weighted by Gasteiger charge is -2.04. The Morgan fingerprint density at radius 3 is 1.79 bits per heavy atom. The van der Waals surface area contributed by atoms with Crippen LogP contribution in [0, 0.1) is 0 Å². The van der Waals surface area contributed by atoms with Crippen molar-refractivity contribution in [3.05, 3.63) is 0 Å². The highest BCUT2D eigenvalue weighted by Gasteiger charge is 2.00. The average Bonchev–Trinajstić information content (AvgIpc) is 2.40. The summed E-state index contributed by atoms with van der Waals surface area (Å²) < 4.78 is 5.04. The minimum absolute atomic E-state index is 0.165. The summed E-state index contributed by atoms with van der Waals surface area (Å²) in [6.45, 7) is 2.82. The molecule has 2 nitrogen and oxygen atoms in total. The van der Waals surface area contributed by atoms with Crippen LogP contribution in [0.4, 0.5) is 0 Å². The molecular formula is C16H31ClO2. The average molecular weight is 291 g/mol. The zero-order valence-electron chi connectivity index (χ0n) is 12.6. The van der Waals surface area contributed by atoms with Crippen LogP contribution in [0.3, 0.4) is 0 Å². The van der Waals surface area contributed by atoms with Gasteiger partial charge >= 0.3 is 5.97 Å². The third-order valence-electron chi connectivity index (χ3n) is 3.31. The van der Waals surface area contributed by atoms with E-state index in [0.29, 0.717) is 18.9 Å². The van der Waals surface area contributed by atoms with E-state index in [1.54, 1.807) is 0 Å². The van der Waals surface area contributed by atoms with Gasteiger partial charge in [-0.2, -0.15) is 0 Å². The Labute approximate surface area is 124 Å². The standard InChI is InChI=1S/C16H31ClO2/c1-2-3-4-5-6-7-8-9-10-11-12-15-19-16(18)13-14-17/h2-15H2,1H3. The molecule has 3 heteroatoms. The molecule has 114 valence electrons. The first kappa shape index (κ1) is 18.8. The summed E-state index contributed by atoms with van der Waals surface area (Å²) >= 11 is 5.45. The second kappa shape index (κ2) is 15.8. The van der Waals surface area contributed by atoms with Gasteiger partial charge in [-0.05, 0) is 6.42 Å². The van der Waals surface area contributed by atoms with Crippen molar-refractivity contribution in [3.8, 4) is 0 Å². The SMILES string of the molecule is CCCCCCCCCCCCCOC(=O)CCCl. The molecule has 0 aliphatic heterocycles. The zero-order valence-corrected chi connectivity index (χ0v) is 13.3. The summed E-state index contributed by atoms with van der Waals surface area (Å²) in [5.74, 6) is 0.193. The number of alkyl halides is 1. The number of ether oxygens (including phenoxy) is 1. The lowest BCUT2D eigenvalue weighted by atomic mass is 10.1. The van der Waals surface area contributed by atoms with Gasteiger partial charge < -0.3 is 4.74 Å². The van der Waals surface area contributed by atoms with Crippen molar-refractivity contribution in [1.82, 2.24) is 0 Å². The molecule has 0 rings (SSSR count). The summed E-state index contributed by atoms with van der Waals surface area (Å²) in [5, 5.41) is 0. The van der Waals surface area contributed by atoms with Crippen LogP contribution in [0.15, 0.2) is 0 Å². The number of carbonyl (C=O) groups is 1. The van der Waals surface area contributed by atoms with Gasteiger partial charge in [-0.15, -0.1) is 11.6 Å². The van der Waals surface area contributed by atoms with Crippen molar-refractivity contribution in [3.63, 3.8) is 0 Å². The fraction of sp³-hybridized carbons (Fsp3) is 0.938. The number of unbranched alkanes of at least 4 members (excludes halogenated alkanes) is 10. The molecular weight excluding hydrogens is 260 g/mol. The van der Waals surface area contributed by atoms with Crippen LogP contribution in [-0.4, -0.2) is 18.5 Å². The fourth-order valence-electron chi connectivity index (χ4n) is 2.10. The van der Waals surface area contributed by atoms with E-state index in [0.717, 1.165) is 6.42 Å². The summed E-state index contributed by atoms with van der Waals surface area (Å²) in [6, 6.07) is 0. The molecule has 0 bridgehead atoms. The first-order valence-electron chi connectivity index (χ1n) is 8.02. The highest BCUT2D eigenvalue weighted by atomic mass is 35.5. The molecule has 0 amide bonds. The first-order chi connectivity index (χ1) is 9.31. The maximum Gasteiger partial charge on any atom is 0.306 e. The molecule has 0 heterocycles. The third kappa shape index (κ3) is 15.7. The predicted molar refractivity (Wildman–Crippen MR) is 82.8 cm³/mol. The minimum atomic E-state index is -0.165. The van der Waals surface area contributed by atoms with Crippen LogP contribution in [-0.2, 0) is 9.53 Å². The quantitative estimate of drug-likeness (QED) is 0.241. The van der Waals surface area contributed by atoms with Gasteiger partial charge in [0.15, 0.2) is 0 Å². The van der Waals surface area contributed by atoms with E-state index in [9.17, 15) is 4.79 Å². The van der Waals surface area contributed by atoms with Gasteiger partial charge in [-0.1, -0.05) is 71.1 Å². The normalized spacial score (nSPS) is 10.6. The molecule has 0 saturated heterocycles. The number of hydrogen-bond acceptors (Lipinski definition) is 2. The Kier molecular flexibility index (Phi) is 15.6. The Balaban J connectivity index is 3.01. The van der Waals surface area contributed by atoms with Gasteiger partial charge in [0.25, 0.3) is 0 Å². The molecule has 0 aliphatic rings. The molecule has 0 saturated carbocycles. The largest absolute Gasteiger partial charge is 0.466 e. The van der Waals surface area contributed by atoms with Crippen LogP contribution in [0.1, 0.15) is 84.0 Å². The molecule has 19 heavy (non-hydrogen) atoms. The molecule has 0 unspecified atom stereocenters. The fourth-order valence-corrected chi connectivity index (χ4v) is 2.26. The van der Waals surface area contributed by atoms with Crippen LogP contribution >= 0.6 is 11.6 Å². The van der Waals surface area contributed by atoms with Crippen molar-refractivity contribution < 1.29 is 9.53 Å². The topological polar surface area (TPSA) is 26.3 Å². The van der Waals surface area contributed by atoms with Crippen molar-refractivity contribution >= 4 is 17.6 Å². The zero-order chi connectivity index (χ0) is 14.2. The molecule has 0 N–H and O–H groups in total. The van der Waals surface area contributed by atoms with Gasteiger partial charge in [0.1, 0.15) is 0 Å². The van der Waals surface area contributed by atoms with Gasteiger partial charge in [-0.3, -0.25) is 4.79 Å². The van der Waals surface area contributed by atoms with Crippen LogP contribution in [0.5, 0.6) is 0 Å². The lowest BCUT2D eigenvalue weighted by Crippen LogP contribution is -2.06. The molecule has 0 aromatic heterocycles. The van der Waals surface area contributed by atoms with E-state index in [4.69, 9.17) is 16.3 Å². The van der Waals surface area contributed by atoms with Gasteiger partial charge in [0.05, 0.1) is 13.0 Å². The summed E-state index contributed by atoms with van der Waals surface area (Å²) in [4.78, 5) is 11.0. The van der Waals surface area contributed by atoms with E-state index < -0.39 is 0 Å². The van der Waals surface area contributed by atoms with Gasteiger partial charge in [0, 0.05) is 5.88 Å². The van der Waals surface area contributed by atoms with Crippen molar-refractivity contribution in [2.75, 3.05) is 12.5 Å². The molecule has 0 aromatic carbocycles. The van der Waals surface area contributed by atoms with E-state index in [2.05, 4.69) is 6.92 Å². The summed E-state index contributed by atoms with van der Waals surface area (Å²) in [7, 11) is 0. The number of hydrogen-bond donors (Lipinski definition) is 0. The maximum atomic E-state index is 11.0. The Morgan fingerprint density at radius 1 is 0.842 bits per heavy atom. The Hall–Kier alpha value is -0.240. The number of halogens is 1. The van der Waals surface area contributed by atoms with E-state index in [-0.39, 0.29) is 5.97 Å².